The maximum Gasteiger partial charge on any atom is 0.220 e. The minimum Gasteiger partial charge on any atom is -0.368 e. The van der Waals surface area contributed by atoms with Crippen LogP contribution in [-0.2, 0) is 0 Å². The molecule has 0 unspecified atom stereocenters. The van der Waals surface area contributed by atoms with E-state index in [0.717, 1.165) is 25.9 Å². The highest BCUT2D eigenvalue weighted by Gasteiger charge is 2.05. The summed E-state index contributed by atoms with van der Waals surface area (Å²) in [4.78, 5) is 8.06. The van der Waals surface area contributed by atoms with Crippen molar-refractivity contribution in [3.8, 4) is 11.3 Å². The first-order valence-electron chi connectivity index (χ1n) is 4.96. The van der Waals surface area contributed by atoms with Gasteiger partial charge in [0, 0.05) is 17.1 Å². The Balaban J connectivity index is 2.18. The Bertz CT molecular complexity index is 691. The number of aromatic amines is 1. The number of nitrogens with one attached hydrogen (secondary N) is 1. The van der Waals surface area contributed by atoms with Crippen LogP contribution in [0.2, 0.25) is 0 Å². The van der Waals surface area contributed by atoms with Crippen molar-refractivity contribution in [2.75, 3.05) is 5.73 Å². The van der Waals surface area contributed by atoms with E-state index in [0.29, 0.717) is 0 Å². The largest absolute Gasteiger partial charge is 0.368 e. The van der Waals surface area contributed by atoms with E-state index in [1.807, 2.05) is 24.3 Å². The second-order valence-electron chi connectivity index (χ2n) is 3.57. The van der Waals surface area contributed by atoms with Crippen molar-refractivity contribution in [1.82, 2.24) is 20.2 Å². The van der Waals surface area contributed by atoms with Crippen LogP contribution in [0, 0.1) is 3.70 Å². The standard InChI is InChI=1S/C11H8IN5/c12-10-7-2-1-6(5-9(7)16-17-10)8-3-4-14-11(13)15-8/h1-5H,(H,16,17)(H2,13,14,15). The number of rotatable bonds is 1. The first kappa shape index (κ1) is 10.5. The molecule has 0 saturated heterocycles. The number of aromatic nitrogens is 4. The third-order valence-electron chi connectivity index (χ3n) is 2.49. The van der Waals surface area contributed by atoms with Crippen molar-refractivity contribution < 1.29 is 0 Å². The molecule has 17 heavy (non-hydrogen) atoms. The summed E-state index contributed by atoms with van der Waals surface area (Å²) in [5.74, 6) is 0.279. The van der Waals surface area contributed by atoms with E-state index < -0.39 is 0 Å². The number of anilines is 1. The van der Waals surface area contributed by atoms with Crippen LogP contribution in [0.25, 0.3) is 22.2 Å². The molecule has 2 heterocycles. The number of halogens is 1. The Morgan fingerprint density at radius 3 is 2.94 bits per heavy atom. The fourth-order valence-corrected chi connectivity index (χ4v) is 2.27. The van der Waals surface area contributed by atoms with Crippen molar-refractivity contribution in [2.24, 2.45) is 0 Å². The van der Waals surface area contributed by atoms with Crippen molar-refractivity contribution in [3.63, 3.8) is 0 Å². The average Bonchev–Trinajstić information content (AvgIpc) is 2.71. The second-order valence-corrected chi connectivity index (χ2v) is 4.60. The summed E-state index contributed by atoms with van der Waals surface area (Å²) in [5, 5.41) is 8.24. The predicted molar refractivity (Wildman–Crippen MR) is 74.2 cm³/mol. The van der Waals surface area contributed by atoms with Crippen molar-refractivity contribution in [2.45, 2.75) is 0 Å². The zero-order valence-electron chi connectivity index (χ0n) is 8.68. The Hall–Kier alpha value is -1.70. The SMILES string of the molecule is Nc1nccc(-c2ccc3c(I)n[nH]c3c2)n1. The molecule has 0 aliphatic rings. The fourth-order valence-electron chi connectivity index (χ4n) is 1.68. The van der Waals surface area contributed by atoms with Crippen molar-refractivity contribution in [3.05, 3.63) is 34.2 Å². The van der Waals surface area contributed by atoms with Gasteiger partial charge < -0.3 is 5.73 Å². The van der Waals surface area contributed by atoms with E-state index in [1.165, 1.54) is 0 Å². The van der Waals surface area contributed by atoms with Gasteiger partial charge >= 0.3 is 0 Å². The summed E-state index contributed by atoms with van der Waals surface area (Å²) >= 11 is 2.20. The van der Waals surface area contributed by atoms with Crippen LogP contribution in [0.15, 0.2) is 30.5 Å². The van der Waals surface area contributed by atoms with Crippen molar-refractivity contribution in [1.29, 1.82) is 0 Å². The Kier molecular flexibility index (Phi) is 2.43. The predicted octanol–water partition coefficient (Wildman–Crippen LogP) is 2.21. The van der Waals surface area contributed by atoms with Crippen LogP contribution in [0.3, 0.4) is 0 Å². The van der Waals surface area contributed by atoms with Crippen LogP contribution in [0.4, 0.5) is 5.95 Å². The van der Waals surface area contributed by atoms with Gasteiger partial charge in [0.1, 0.15) is 3.70 Å². The number of nitrogens with zero attached hydrogens (tertiary/aromatic N) is 3. The van der Waals surface area contributed by atoms with Crippen LogP contribution in [0.1, 0.15) is 0 Å². The first-order chi connectivity index (χ1) is 8.24. The highest BCUT2D eigenvalue weighted by molar-refractivity contribution is 14.1. The number of fused-ring (bicyclic) bond motifs is 1. The lowest BCUT2D eigenvalue weighted by molar-refractivity contribution is 1.09. The molecule has 84 valence electrons. The molecule has 3 N–H and O–H groups in total. The molecule has 2 aromatic heterocycles. The van der Waals surface area contributed by atoms with Gasteiger partial charge in [0.25, 0.3) is 0 Å². The lowest BCUT2D eigenvalue weighted by Gasteiger charge is -2.01. The molecule has 6 heteroatoms. The molecule has 3 rings (SSSR count). The number of benzene rings is 1. The van der Waals surface area contributed by atoms with Gasteiger partial charge in [0.15, 0.2) is 0 Å². The summed E-state index contributed by atoms with van der Waals surface area (Å²) in [7, 11) is 0. The third-order valence-corrected chi connectivity index (χ3v) is 3.31. The highest BCUT2D eigenvalue weighted by Crippen LogP contribution is 2.24. The molecule has 0 radical (unpaired) electrons. The Labute approximate surface area is 111 Å². The minimum absolute atomic E-state index is 0.279. The highest BCUT2D eigenvalue weighted by atomic mass is 127. The van der Waals surface area contributed by atoms with Gasteiger partial charge in [-0.05, 0) is 40.8 Å². The van der Waals surface area contributed by atoms with Gasteiger partial charge in [-0.15, -0.1) is 0 Å². The monoisotopic (exact) mass is 337 g/mol. The molecule has 3 aromatic rings. The quantitative estimate of drug-likeness (QED) is 0.667. The summed E-state index contributed by atoms with van der Waals surface area (Å²) in [6, 6.07) is 7.86. The maximum absolute atomic E-state index is 5.57. The number of nitrogen functional groups attached to an aromatic ring is 1. The zero-order chi connectivity index (χ0) is 11.8. The van der Waals surface area contributed by atoms with E-state index in [1.54, 1.807) is 6.20 Å². The van der Waals surface area contributed by atoms with E-state index in [9.17, 15) is 0 Å². The lowest BCUT2D eigenvalue weighted by atomic mass is 10.1. The normalized spacial score (nSPS) is 10.9. The van der Waals surface area contributed by atoms with Crippen LogP contribution < -0.4 is 5.73 Å². The van der Waals surface area contributed by atoms with E-state index in [-0.39, 0.29) is 5.95 Å². The van der Waals surface area contributed by atoms with E-state index in [2.05, 4.69) is 42.8 Å². The Morgan fingerprint density at radius 1 is 1.24 bits per heavy atom. The average molecular weight is 337 g/mol. The molecule has 0 bridgehead atoms. The molecule has 0 spiro atoms. The number of hydrogen-bond donors (Lipinski definition) is 2. The van der Waals surface area contributed by atoms with Gasteiger partial charge in [-0.1, -0.05) is 6.07 Å². The molecule has 0 amide bonds. The summed E-state index contributed by atoms with van der Waals surface area (Å²) in [6.45, 7) is 0. The van der Waals surface area contributed by atoms with Gasteiger partial charge in [-0.25, -0.2) is 9.97 Å². The number of nitrogens with two attached hydrogens (primary N) is 1. The van der Waals surface area contributed by atoms with Gasteiger partial charge in [-0.3, -0.25) is 5.10 Å². The van der Waals surface area contributed by atoms with Crippen molar-refractivity contribution >= 4 is 39.4 Å². The minimum atomic E-state index is 0.279. The van der Waals surface area contributed by atoms with E-state index >= 15 is 0 Å². The maximum atomic E-state index is 5.57. The van der Waals surface area contributed by atoms with Gasteiger partial charge in [0.2, 0.25) is 5.95 Å². The molecule has 5 nitrogen and oxygen atoms in total. The molecular weight excluding hydrogens is 329 g/mol. The summed E-state index contributed by atoms with van der Waals surface area (Å²) in [6.07, 6.45) is 1.65. The molecule has 0 aliphatic heterocycles. The van der Waals surface area contributed by atoms with E-state index in [4.69, 9.17) is 5.73 Å². The molecule has 0 fully saturated rings. The van der Waals surface area contributed by atoms with Crippen LogP contribution in [0.5, 0.6) is 0 Å². The molecule has 0 saturated carbocycles. The first-order valence-corrected chi connectivity index (χ1v) is 6.04. The Morgan fingerprint density at radius 2 is 2.12 bits per heavy atom. The third kappa shape index (κ3) is 1.84. The lowest BCUT2D eigenvalue weighted by Crippen LogP contribution is -1.94. The fraction of sp³-hybridized carbons (Fsp3) is 0. The zero-order valence-corrected chi connectivity index (χ0v) is 10.8. The van der Waals surface area contributed by atoms with Crippen LogP contribution in [-0.4, -0.2) is 20.2 Å². The number of H-pyrrole nitrogens is 1. The van der Waals surface area contributed by atoms with Gasteiger partial charge in [-0.2, -0.15) is 5.10 Å². The molecular formula is C11H8IN5. The number of hydrogen-bond acceptors (Lipinski definition) is 4. The van der Waals surface area contributed by atoms with Crippen LogP contribution >= 0.6 is 22.6 Å². The molecule has 0 aliphatic carbocycles. The van der Waals surface area contributed by atoms with Gasteiger partial charge in [0.05, 0.1) is 11.2 Å². The molecule has 0 atom stereocenters. The summed E-state index contributed by atoms with van der Waals surface area (Å²) in [5.41, 5.74) is 8.36. The summed E-state index contributed by atoms with van der Waals surface area (Å²) < 4.78 is 0.964. The smallest absolute Gasteiger partial charge is 0.220 e. The molecule has 1 aromatic carbocycles. The second kappa shape index (κ2) is 3.95. The topological polar surface area (TPSA) is 80.5 Å².